The van der Waals surface area contributed by atoms with Crippen molar-refractivity contribution >= 4 is 23.5 Å². The van der Waals surface area contributed by atoms with Gasteiger partial charge in [-0.3, -0.25) is 10.1 Å². The smallest absolute Gasteiger partial charge is 0.340 e. The molecule has 0 unspecified atom stereocenters. The van der Waals surface area contributed by atoms with Gasteiger partial charge in [-0.15, -0.1) is 0 Å². The molecule has 114 valence electrons. The van der Waals surface area contributed by atoms with Crippen molar-refractivity contribution < 1.29 is 14.3 Å². The van der Waals surface area contributed by atoms with Crippen molar-refractivity contribution in [3.8, 4) is 0 Å². The molecular formula is C14H14N4O4. The first-order chi connectivity index (χ1) is 10.6. The van der Waals surface area contributed by atoms with E-state index in [4.69, 9.17) is 4.74 Å². The predicted molar refractivity (Wildman–Crippen MR) is 79.9 cm³/mol. The number of amides is 2. The normalized spacial score (nSPS) is 9.86. The van der Waals surface area contributed by atoms with Crippen molar-refractivity contribution in [2.45, 2.75) is 6.92 Å². The van der Waals surface area contributed by atoms with E-state index in [-0.39, 0.29) is 23.5 Å². The van der Waals surface area contributed by atoms with Crippen LogP contribution in [0.25, 0.3) is 0 Å². The lowest BCUT2D eigenvalue weighted by Crippen LogP contribution is -2.22. The highest BCUT2D eigenvalue weighted by Crippen LogP contribution is 2.16. The van der Waals surface area contributed by atoms with Crippen molar-refractivity contribution in [2.24, 2.45) is 0 Å². The van der Waals surface area contributed by atoms with Gasteiger partial charge in [0, 0.05) is 6.07 Å². The van der Waals surface area contributed by atoms with Gasteiger partial charge in [-0.2, -0.15) is 5.10 Å². The van der Waals surface area contributed by atoms with E-state index in [0.29, 0.717) is 5.69 Å². The van der Waals surface area contributed by atoms with Crippen LogP contribution in [0.1, 0.15) is 17.3 Å². The summed E-state index contributed by atoms with van der Waals surface area (Å²) >= 11 is 0. The van der Waals surface area contributed by atoms with Gasteiger partial charge in [0.1, 0.15) is 0 Å². The molecule has 0 atom stereocenters. The highest BCUT2D eigenvalue weighted by molar-refractivity contribution is 6.04. The van der Waals surface area contributed by atoms with Crippen LogP contribution in [0.4, 0.5) is 16.3 Å². The third-order valence-electron chi connectivity index (χ3n) is 2.59. The number of carbonyl (C=O) groups is 2. The third-order valence-corrected chi connectivity index (χ3v) is 2.59. The molecule has 1 aromatic carbocycles. The number of esters is 1. The molecule has 0 aliphatic heterocycles. The minimum atomic E-state index is -0.601. The summed E-state index contributed by atoms with van der Waals surface area (Å²) in [6.07, 6.45) is 0. The standard InChI is InChI=1S/C14H14N4O4/c1-2-22-13(20)9-5-3-4-6-10(9)15-14(21)16-11-7-8-12(19)18-17-11/h3-8H,2H2,1H3,(H,18,19)(H2,15,16,17,21). The number of carbonyl (C=O) groups excluding carboxylic acids is 2. The predicted octanol–water partition coefficient (Wildman–Crippen LogP) is 1.59. The van der Waals surface area contributed by atoms with Crippen LogP contribution in [-0.4, -0.2) is 28.8 Å². The highest BCUT2D eigenvalue weighted by Gasteiger charge is 2.14. The number of ether oxygens (including phenoxy) is 1. The average Bonchev–Trinajstić information content (AvgIpc) is 2.50. The maximum Gasteiger partial charge on any atom is 0.340 e. The Bertz CT molecular complexity index is 721. The Kier molecular flexibility index (Phi) is 4.86. The number of para-hydroxylation sites is 1. The molecule has 0 spiro atoms. The number of rotatable bonds is 4. The monoisotopic (exact) mass is 302 g/mol. The van der Waals surface area contributed by atoms with E-state index < -0.39 is 12.0 Å². The van der Waals surface area contributed by atoms with Crippen molar-refractivity contribution in [3.63, 3.8) is 0 Å². The minimum absolute atomic E-state index is 0.172. The number of nitrogens with one attached hydrogen (secondary N) is 3. The number of H-pyrrole nitrogens is 1. The zero-order valence-electron chi connectivity index (χ0n) is 11.8. The van der Waals surface area contributed by atoms with E-state index >= 15 is 0 Å². The van der Waals surface area contributed by atoms with Gasteiger partial charge in [0.2, 0.25) is 0 Å². The summed E-state index contributed by atoms with van der Waals surface area (Å²) < 4.78 is 4.92. The van der Waals surface area contributed by atoms with Gasteiger partial charge in [-0.25, -0.2) is 14.7 Å². The second-order valence-corrected chi connectivity index (χ2v) is 4.15. The summed E-state index contributed by atoms with van der Waals surface area (Å²) in [6, 6.07) is 8.45. The van der Waals surface area contributed by atoms with Gasteiger partial charge in [0.25, 0.3) is 5.56 Å². The molecule has 0 aliphatic rings. The molecule has 2 rings (SSSR count). The number of anilines is 2. The first kappa shape index (κ1) is 15.2. The Morgan fingerprint density at radius 1 is 1.18 bits per heavy atom. The quantitative estimate of drug-likeness (QED) is 0.742. The molecule has 0 aliphatic carbocycles. The second-order valence-electron chi connectivity index (χ2n) is 4.15. The molecule has 0 radical (unpaired) electrons. The number of aromatic amines is 1. The molecule has 8 nitrogen and oxygen atoms in total. The highest BCUT2D eigenvalue weighted by atomic mass is 16.5. The van der Waals surface area contributed by atoms with E-state index in [1.807, 2.05) is 0 Å². The summed E-state index contributed by atoms with van der Waals surface area (Å²) in [5.74, 6) is -0.355. The SMILES string of the molecule is CCOC(=O)c1ccccc1NC(=O)Nc1ccc(=O)[nH]n1. The number of nitrogens with zero attached hydrogens (tertiary/aromatic N) is 1. The first-order valence-corrected chi connectivity index (χ1v) is 6.50. The zero-order valence-corrected chi connectivity index (χ0v) is 11.8. The Morgan fingerprint density at radius 3 is 2.64 bits per heavy atom. The Balaban J connectivity index is 2.10. The molecular weight excluding hydrogens is 288 g/mol. The first-order valence-electron chi connectivity index (χ1n) is 6.50. The second kappa shape index (κ2) is 7.02. The van der Waals surface area contributed by atoms with Gasteiger partial charge in [0.15, 0.2) is 5.82 Å². The number of hydrogen-bond donors (Lipinski definition) is 3. The van der Waals surface area contributed by atoms with Gasteiger partial charge < -0.3 is 10.1 Å². The van der Waals surface area contributed by atoms with E-state index in [1.54, 1.807) is 31.2 Å². The molecule has 0 bridgehead atoms. The molecule has 2 aromatic rings. The van der Waals surface area contributed by atoms with Crippen molar-refractivity contribution in [3.05, 3.63) is 52.3 Å². The number of urea groups is 1. The molecule has 2 amide bonds. The lowest BCUT2D eigenvalue weighted by molar-refractivity contribution is 0.0527. The van der Waals surface area contributed by atoms with Crippen LogP contribution in [0, 0.1) is 0 Å². The molecule has 1 aromatic heterocycles. The van der Waals surface area contributed by atoms with Crippen LogP contribution in [0.3, 0.4) is 0 Å². The fourth-order valence-electron chi connectivity index (χ4n) is 1.66. The summed E-state index contributed by atoms with van der Waals surface area (Å²) in [6.45, 7) is 1.93. The molecule has 0 fully saturated rings. The zero-order chi connectivity index (χ0) is 15.9. The van der Waals surface area contributed by atoms with Gasteiger partial charge >= 0.3 is 12.0 Å². The van der Waals surface area contributed by atoms with E-state index in [9.17, 15) is 14.4 Å². The summed E-state index contributed by atoms with van der Waals surface area (Å²) in [4.78, 5) is 34.6. The topological polar surface area (TPSA) is 113 Å². The van der Waals surface area contributed by atoms with Crippen LogP contribution in [0.15, 0.2) is 41.2 Å². The van der Waals surface area contributed by atoms with Crippen LogP contribution in [0.5, 0.6) is 0 Å². The van der Waals surface area contributed by atoms with Crippen LogP contribution in [-0.2, 0) is 4.74 Å². The summed E-state index contributed by atoms with van der Waals surface area (Å²) in [5.41, 5.74) is 0.176. The Labute approximate surface area is 125 Å². The van der Waals surface area contributed by atoms with Crippen molar-refractivity contribution in [1.29, 1.82) is 0 Å². The van der Waals surface area contributed by atoms with Gasteiger partial charge in [0.05, 0.1) is 17.9 Å². The fraction of sp³-hybridized carbons (Fsp3) is 0.143. The largest absolute Gasteiger partial charge is 0.462 e. The van der Waals surface area contributed by atoms with Gasteiger partial charge in [-0.1, -0.05) is 12.1 Å². The summed E-state index contributed by atoms with van der Waals surface area (Å²) in [5, 5.41) is 10.8. The summed E-state index contributed by atoms with van der Waals surface area (Å²) in [7, 11) is 0. The number of benzene rings is 1. The molecule has 3 N–H and O–H groups in total. The average molecular weight is 302 g/mol. The lowest BCUT2D eigenvalue weighted by Gasteiger charge is -2.10. The maximum absolute atomic E-state index is 11.9. The van der Waals surface area contributed by atoms with E-state index in [0.717, 1.165) is 0 Å². The van der Waals surface area contributed by atoms with Crippen LogP contribution >= 0.6 is 0 Å². The maximum atomic E-state index is 11.9. The molecule has 8 heteroatoms. The molecule has 0 saturated heterocycles. The van der Waals surface area contributed by atoms with Crippen LogP contribution in [0.2, 0.25) is 0 Å². The molecule has 0 saturated carbocycles. The van der Waals surface area contributed by atoms with Crippen LogP contribution < -0.4 is 16.2 Å². The molecule has 1 heterocycles. The van der Waals surface area contributed by atoms with Crippen molar-refractivity contribution in [2.75, 3.05) is 17.2 Å². The number of hydrogen-bond acceptors (Lipinski definition) is 5. The Hall–Kier alpha value is -3.16. The third kappa shape index (κ3) is 3.92. The fourth-order valence-corrected chi connectivity index (χ4v) is 1.66. The molecule has 22 heavy (non-hydrogen) atoms. The van der Waals surface area contributed by atoms with Crippen molar-refractivity contribution in [1.82, 2.24) is 10.2 Å². The number of aromatic nitrogens is 2. The Morgan fingerprint density at radius 2 is 1.95 bits per heavy atom. The minimum Gasteiger partial charge on any atom is -0.462 e. The van der Waals surface area contributed by atoms with Gasteiger partial charge in [-0.05, 0) is 25.1 Å². The van der Waals surface area contributed by atoms with E-state index in [1.165, 1.54) is 12.1 Å². The lowest BCUT2D eigenvalue weighted by atomic mass is 10.2. The van der Waals surface area contributed by atoms with E-state index in [2.05, 4.69) is 20.8 Å².